The number of aromatic hydroxyl groups is 1. The first-order valence-corrected chi connectivity index (χ1v) is 8.73. The standard InChI is InChI=1S/C19H15Cl2NO5/c1-10(19(25)22-16-7-12(20)2-5-15(16)21)27-18(24)6-11-9-26-17-8-13(23)3-4-14(11)17/h2-5,7-10,23H,6H2,1H3,(H,22,25)/t10-/m1/s1. The van der Waals surface area contributed by atoms with E-state index >= 15 is 0 Å². The number of ether oxygens (including phenoxy) is 1. The summed E-state index contributed by atoms with van der Waals surface area (Å²) in [5.74, 6) is -1.06. The molecule has 0 saturated heterocycles. The molecule has 0 unspecified atom stereocenters. The summed E-state index contributed by atoms with van der Waals surface area (Å²) in [4.78, 5) is 24.4. The van der Waals surface area contributed by atoms with Crippen molar-refractivity contribution in [1.82, 2.24) is 0 Å². The number of hydrogen-bond donors (Lipinski definition) is 2. The number of anilines is 1. The molecule has 1 aromatic heterocycles. The van der Waals surface area contributed by atoms with Crippen LogP contribution in [0.15, 0.2) is 47.1 Å². The Labute approximate surface area is 164 Å². The number of hydrogen-bond acceptors (Lipinski definition) is 5. The van der Waals surface area contributed by atoms with Gasteiger partial charge in [-0.1, -0.05) is 23.2 Å². The van der Waals surface area contributed by atoms with Gasteiger partial charge in [0.2, 0.25) is 0 Å². The molecule has 8 heteroatoms. The molecule has 6 nitrogen and oxygen atoms in total. The second kappa shape index (κ2) is 7.90. The van der Waals surface area contributed by atoms with Crippen LogP contribution in [-0.4, -0.2) is 23.1 Å². The summed E-state index contributed by atoms with van der Waals surface area (Å²) in [6.45, 7) is 1.46. The SMILES string of the molecule is C[C@@H](OC(=O)Cc1coc2cc(O)ccc12)C(=O)Nc1cc(Cl)ccc1Cl. The first kappa shape index (κ1) is 19.1. The van der Waals surface area contributed by atoms with Crippen LogP contribution in [0.4, 0.5) is 5.69 Å². The number of nitrogens with one attached hydrogen (secondary N) is 1. The average Bonchev–Trinajstić information content (AvgIpc) is 2.99. The second-order valence-corrected chi connectivity index (χ2v) is 6.71. The molecule has 2 N–H and O–H groups in total. The van der Waals surface area contributed by atoms with E-state index in [9.17, 15) is 14.7 Å². The summed E-state index contributed by atoms with van der Waals surface area (Å²) in [7, 11) is 0. The fourth-order valence-corrected chi connectivity index (χ4v) is 2.82. The van der Waals surface area contributed by atoms with Crippen molar-refractivity contribution in [3.05, 3.63) is 58.3 Å². The number of carbonyl (C=O) groups is 2. The van der Waals surface area contributed by atoms with E-state index in [1.165, 1.54) is 31.4 Å². The summed E-state index contributed by atoms with van der Waals surface area (Å²) >= 11 is 11.9. The minimum Gasteiger partial charge on any atom is -0.508 e. The van der Waals surface area contributed by atoms with E-state index in [0.717, 1.165) is 0 Å². The van der Waals surface area contributed by atoms with E-state index in [0.29, 0.717) is 32.3 Å². The van der Waals surface area contributed by atoms with E-state index in [-0.39, 0.29) is 12.2 Å². The van der Waals surface area contributed by atoms with Crippen molar-refractivity contribution in [3.8, 4) is 5.75 Å². The lowest BCUT2D eigenvalue weighted by Crippen LogP contribution is -2.30. The smallest absolute Gasteiger partial charge is 0.311 e. The average molecular weight is 408 g/mol. The molecule has 3 aromatic rings. The van der Waals surface area contributed by atoms with Crippen molar-refractivity contribution in [2.75, 3.05) is 5.32 Å². The van der Waals surface area contributed by atoms with Crippen LogP contribution in [0.25, 0.3) is 11.0 Å². The highest BCUT2D eigenvalue weighted by Gasteiger charge is 2.20. The highest BCUT2D eigenvalue weighted by atomic mass is 35.5. The minimum atomic E-state index is -1.03. The molecule has 0 spiro atoms. The number of halogens is 2. The number of rotatable bonds is 5. The van der Waals surface area contributed by atoms with Gasteiger partial charge in [-0.3, -0.25) is 9.59 Å². The molecule has 0 radical (unpaired) electrons. The fraction of sp³-hybridized carbons (Fsp3) is 0.158. The second-order valence-electron chi connectivity index (χ2n) is 5.86. The third kappa shape index (κ3) is 4.53. The van der Waals surface area contributed by atoms with Gasteiger partial charge in [0, 0.05) is 22.0 Å². The minimum absolute atomic E-state index is 0.0657. The fourth-order valence-electron chi connectivity index (χ4n) is 2.48. The molecule has 0 saturated carbocycles. The van der Waals surface area contributed by atoms with Gasteiger partial charge in [-0.05, 0) is 37.3 Å². The maximum Gasteiger partial charge on any atom is 0.311 e. The van der Waals surface area contributed by atoms with E-state index in [1.807, 2.05) is 0 Å². The lowest BCUT2D eigenvalue weighted by molar-refractivity contribution is -0.152. The summed E-state index contributed by atoms with van der Waals surface area (Å²) in [5.41, 5.74) is 1.39. The Hall–Kier alpha value is -2.70. The van der Waals surface area contributed by atoms with Crippen molar-refractivity contribution < 1.29 is 23.8 Å². The first-order chi connectivity index (χ1) is 12.8. The predicted molar refractivity (Wildman–Crippen MR) is 102 cm³/mol. The van der Waals surface area contributed by atoms with Crippen molar-refractivity contribution in [1.29, 1.82) is 0 Å². The van der Waals surface area contributed by atoms with Gasteiger partial charge in [0.1, 0.15) is 11.3 Å². The third-order valence-electron chi connectivity index (χ3n) is 3.84. The van der Waals surface area contributed by atoms with Gasteiger partial charge in [-0.25, -0.2) is 0 Å². The van der Waals surface area contributed by atoms with E-state index < -0.39 is 18.0 Å². The van der Waals surface area contributed by atoms with Crippen molar-refractivity contribution >= 4 is 51.7 Å². The van der Waals surface area contributed by atoms with Gasteiger partial charge in [0.05, 0.1) is 23.4 Å². The molecule has 140 valence electrons. The largest absolute Gasteiger partial charge is 0.508 e. The first-order valence-electron chi connectivity index (χ1n) is 7.98. The Balaban J connectivity index is 1.62. The van der Waals surface area contributed by atoms with Gasteiger partial charge >= 0.3 is 5.97 Å². The van der Waals surface area contributed by atoms with E-state index in [1.54, 1.807) is 18.2 Å². The molecule has 0 fully saturated rings. The molecule has 0 aliphatic carbocycles. The highest BCUT2D eigenvalue weighted by molar-refractivity contribution is 6.35. The molecule has 1 amide bonds. The lowest BCUT2D eigenvalue weighted by Gasteiger charge is -2.14. The molecule has 0 aliphatic rings. The molecule has 2 aromatic carbocycles. The van der Waals surface area contributed by atoms with E-state index in [4.69, 9.17) is 32.4 Å². The Morgan fingerprint density at radius 3 is 2.78 bits per heavy atom. The number of carbonyl (C=O) groups excluding carboxylic acids is 2. The van der Waals surface area contributed by atoms with Crippen LogP contribution in [0.5, 0.6) is 5.75 Å². The Morgan fingerprint density at radius 1 is 1.22 bits per heavy atom. The number of furan rings is 1. The molecule has 0 bridgehead atoms. The topological polar surface area (TPSA) is 88.8 Å². The number of phenols is 1. The van der Waals surface area contributed by atoms with Crippen LogP contribution < -0.4 is 5.32 Å². The number of fused-ring (bicyclic) bond motifs is 1. The Bertz CT molecular complexity index is 1010. The number of benzene rings is 2. The third-order valence-corrected chi connectivity index (χ3v) is 4.40. The molecule has 1 atom stereocenters. The molecule has 3 rings (SSSR count). The van der Waals surface area contributed by atoms with Gasteiger partial charge in [0.15, 0.2) is 6.10 Å². The van der Waals surface area contributed by atoms with Crippen molar-refractivity contribution in [2.24, 2.45) is 0 Å². The Kier molecular flexibility index (Phi) is 5.58. The number of esters is 1. The van der Waals surface area contributed by atoms with Crippen LogP contribution >= 0.6 is 23.2 Å². The number of amides is 1. The van der Waals surface area contributed by atoms with Crippen molar-refractivity contribution in [3.63, 3.8) is 0 Å². The maximum absolute atomic E-state index is 12.2. The maximum atomic E-state index is 12.2. The zero-order valence-electron chi connectivity index (χ0n) is 14.2. The van der Waals surface area contributed by atoms with E-state index in [2.05, 4.69) is 5.32 Å². The number of phenolic OH excluding ortho intramolecular Hbond substituents is 1. The molecular weight excluding hydrogens is 393 g/mol. The molecule has 1 heterocycles. The van der Waals surface area contributed by atoms with Crippen molar-refractivity contribution in [2.45, 2.75) is 19.4 Å². The van der Waals surface area contributed by atoms with Gasteiger partial charge < -0.3 is 19.6 Å². The van der Waals surface area contributed by atoms with Gasteiger partial charge in [0.25, 0.3) is 5.91 Å². The monoisotopic (exact) mass is 407 g/mol. The lowest BCUT2D eigenvalue weighted by atomic mass is 10.1. The van der Waals surface area contributed by atoms with Crippen LogP contribution in [0.3, 0.4) is 0 Å². The highest BCUT2D eigenvalue weighted by Crippen LogP contribution is 2.27. The van der Waals surface area contributed by atoms with Crippen LogP contribution in [0.1, 0.15) is 12.5 Å². The van der Waals surface area contributed by atoms with Gasteiger partial charge in [-0.15, -0.1) is 0 Å². The zero-order chi connectivity index (χ0) is 19.6. The van der Waals surface area contributed by atoms with Crippen LogP contribution in [-0.2, 0) is 20.7 Å². The van der Waals surface area contributed by atoms with Crippen LogP contribution in [0, 0.1) is 0 Å². The predicted octanol–water partition coefficient (Wildman–Crippen LogP) is 4.56. The van der Waals surface area contributed by atoms with Gasteiger partial charge in [-0.2, -0.15) is 0 Å². The summed E-state index contributed by atoms with van der Waals surface area (Å²) < 4.78 is 10.5. The normalized spacial score (nSPS) is 12.0. The quantitative estimate of drug-likeness (QED) is 0.605. The molecule has 0 aliphatic heterocycles. The molecular formula is C19H15Cl2NO5. The van der Waals surface area contributed by atoms with Crippen LogP contribution in [0.2, 0.25) is 10.0 Å². The molecule has 27 heavy (non-hydrogen) atoms. The Morgan fingerprint density at radius 2 is 2.00 bits per heavy atom. The summed E-state index contributed by atoms with van der Waals surface area (Å²) in [5, 5.41) is 13.4. The summed E-state index contributed by atoms with van der Waals surface area (Å²) in [6.07, 6.45) is 0.310. The zero-order valence-corrected chi connectivity index (χ0v) is 15.7. The summed E-state index contributed by atoms with van der Waals surface area (Å²) in [6, 6.07) is 9.25.